The standard InChI is InChI=1S/C22H29N3O2S/c1-6-27-22(26)20-18(17(11-23)21(24)28-20)12-25-19(14(4)5)16-9-7-15(8-10-16)13(2)3/h7-10,13-14,19,25H,6,12,24H2,1-5H3/p+1/t19-/m0/s1. The van der Waals surface area contributed by atoms with Crippen LogP contribution in [0.25, 0.3) is 0 Å². The minimum Gasteiger partial charge on any atom is -0.462 e. The number of nitriles is 1. The maximum atomic E-state index is 12.3. The van der Waals surface area contributed by atoms with Gasteiger partial charge in [0.2, 0.25) is 0 Å². The van der Waals surface area contributed by atoms with E-state index in [-0.39, 0.29) is 6.04 Å². The van der Waals surface area contributed by atoms with Crippen molar-refractivity contribution in [2.24, 2.45) is 5.92 Å². The number of rotatable bonds is 8. The zero-order valence-corrected chi connectivity index (χ0v) is 18.1. The smallest absolute Gasteiger partial charge is 0.348 e. The van der Waals surface area contributed by atoms with Crippen molar-refractivity contribution in [2.75, 3.05) is 12.3 Å². The molecule has 1 atom stereocenters. The lowest BCUT2D eigenvalue weighted by Gasteiger charge is -2.20. The van der Waals surface area contributed by atoms with Crippen LogP contribution in [-0.2, 0) is 11.3 Å². The fourth-order valence-corrected chi connectivity index (χ4v) is 4.25. The average Bonchev–Trinajstić information content (AvgIpc) is 2.97. The zero-order chi connectivity index (χ0) is 20.8. The summed E-state index contributed by atoms with van der Waals surface area (Å²) < 4.78 is 5.15. The lowest BCUT2D eigenvalue weighted by atomic mass is 9.93. The Bertz CT molecular complexity index is 848. The summed E-state index contributed by atoms with van der Waals surface area (Å²) in [7, 11) is 0. The first kappa shape index (κ1) is 21.9. The number of carbonyl (C=O) groups is 1. The lowest BCUT2D eigenvalue weighted by molar-refractivity contribution is -0.717. The maximum Gasteiger partial charge on any atom is 0.348 e. The lowest BCUT2D eigenvalue weighted by Crippen LogP contribution is -2.84. The van der Waals surface area contributed by atoms with Crippen LogP contribution in [0.3, 0.4) is 0 Å². The number of carbonyl (C=O) groups excluding carboxylic acids is 1. The molecule has 1 aromatic carbocycles. The van der Waals surface area contributed by atoms with Gasteiger partial charge in [-0.2, -0.15) is 5.26 Å². The van der Waals surface area contributed by atoms with Crippen molar-refractivity contribution in [2.45, 2.75) is 53.1 Å². The molecule has 0 unspecified atom stereocenters. The summed E-state index contributed by atoms with van der Waals surface area (Å²) in [5, 5.41) is 12.1. The Morgan fingerprint density at radius 1 is 1.21 bits per heavy atom. The van der Waals surface area contributed by atoms with Crippen molar-refractivity contribution >= 4 is 22.3 Å². The second-order valence-corrected chi connectivity index (χ2v) is 8.56. The number of nitrogens with zero attached hydrogens (tertiary/aromatic N) is 1. The summed E-state index contributed by atoms with van der Waals surface area (Å²) in [6, 6.07) is 11.1. The Kier molecular flexibility index (Phi) is 7.61. The molecule has 0 spiro atoms. The van der Waals surface area contributed by atoms with Crippen molar-refractivity contribution in [3.05, 3.63) is 51.4 Å². The Morgan fingerprint density at radius 3 is 2.32 bits per heavy atom. The van der Waals surface area contributed by atoms with Gasteiger partial charge in [0, 0.05) is 11.5 Å². The van der Waals surface area contributed by atoms with Crippen molar-refractivity contribution < 1.29 is 14.8 Å². The summed E-state index contributed by atoms with van der Waals surface area (Å²) in [5.74, 6) is 0.471. The van der Waals surface area contributed by atoms with Gasteiger partial charge in [0.25, 0.3) is 0 Å². The second kappa shape index (κ2) is 9.72. The van der Waals surface area contributed by atoms with Gasteiger partial charge in [-0.05, 0) is 18.4 Å². The van der Waals surface area contributed by atoms with Crippen LogP contribution in [0.5, 0.6) is 0 Å². The molecular formula is C22H30N3O2S+. The number of benzene rings is 1. The topological polar surface area (TPSA) is 92.7 Å². The van der Waals surface area contributed by atoms with Gasteiger partial charge in [-0.15, -0.1) is 11.3 Å². The number of quaternary nitrogens is 1. The first-order valence-corrected chi connectivity index (χ1v) is 10.5. The van der Waals surface area contributed by atoms with Crippen molar-refractivity contribution in [1.82, 2.24) is 0 Å². The van der Waals surface area contributed by atoms with Crippen LogP contribution in [-0.4, -0.2) is 12.6 Å². The summed E-state index contributed by atoms with van der Waals surface area (Å²) in [5.41, 5.74) is 9.60. The van der Waals surface area contributed by atoms with Crippen LogP contribution in [0.15, 0.2) is 24.3 Å². The predicted molar refractivity (Wildman–Crippen MR) is 113 cm³/mol. The highest BCUT2D eigenvalue weighted by atomic mass is 32.1. The number of hydrogen-bond acceptors (Lipinski definition) is 5. The largest absolute Gasteiger partial charge is 0.462 e. The highest BCUT2D eigenvalue weighted by molar-refractivity contribution is 7.18. The van der Waals surface area contributed by atoms with Crippen molar-refractivity contribution in [1.29, 1.82) is 5.26 Å². The minimum absolute atomic E-state index is 0.212. The van der Waals surface area contributed by atoms with E-state index < -0.39 is 5.97 Å². The molecule has 0 saturated heterocycles. The van der Waals surface area contributed by atoms with E-state index in [9.17, 15) is 10.1 Å². The molecule has 5 nitrogen and oxygen atoms in total. The Morgan fingerprint density at radius 2 is 1.82 bits per heavy atom. The molecule has 0 aliphatic rings. The van der Waals surface area contributed by atoms with Gasteiger partial charge in [-0.25, -0.2) is 4.79 Å². The molecule has 0 saturated carbocycles. The third-order valence-corrected chi connectivity index (χ3v) is 5.93. The van der Waals surface area contributed by atoms with E-state index in [1.165, 1.54) is 11.1 Å². The average molecular weight is 401 g/mol. The van der Waals surface area contributed by atoms with Crippen LogP contribution in [0.4, 0.5) is 5.00 Å². The molecule has 1 heterocycles. The van der Waals surface area contributed by atoms with Gasteiger partial charge in [0.05, 0.1) is 17.7 Å². The quantitative estimate of drug-likeness (QED) is 0.656. The molecule has 0 radical (unpaired) electrons. The summed E-state index contributed by atoms with van der Waals surface area (Å²) in [6.45, 7) is 11.3. The summed E-state index contributed by atoms with van der Waals surface area (Å²) >= 11 is 1.14. The number of nitrogen functional groups attached to an aromatic ring is 1. The molecule has 0 aliphatic carbocycles. The number of nitrogens with two attached hydrogens (primary N) is 2. The Hall–Kier alpha value is -2.36. The van der Waals surface area contributed by atoms with Crippen molar-refractivity contribution in [3.8, 4) is 6.07 Å². The Balaban J connectivity index is 2.29. The van der Waals surface area contributed by atoms with E-state index in [0.717, 1.165) is 11.3 Å². The zero-order valence-electron chi connectivity index (χ0n) is 17.3. The highest BCUT2D eigenvalue weighted by Crippen LogP contribution is 2.31. The normalized spacial score (nSPS) is 12.2. The van der Waals surface area contributed by atoms with E-state index >= 15 is 0 Å². The molecule has 2 aromatic rings. The third kappa shape index (κ3) is 4.92. The molecule has 28 heavy (non-hydrogen) atoms. The third-order valence-electron chi connectivity index (χ3n) is 4.89. The van der Waals surface area contributed by atoms with Gasteiger partial charge >= 0.3 is 5.97 Å². The van der Waals surface area contributed by atoms with Gasteiger partial charge in [0.15, 0.2) is 0 Å². The molecule has 2 rings (SSSR count). The van der Waals surface area contributed by atoms with Crippen LogP contribution in [0.2, 0.25) is 0 Å². The van der Waals surface area contributed by atoms with Crippen LogP contribution < -0.4 is 11.1 Å². The van der Waals surface area contributed by atoms with E-state index in [2.05, 4.69) is 63.3 Å². The van der Waals surface area contributed by atoms with Gasteiger partial charge in [-0.1, -0.05) is 52.0 Å². The fourth-order valence-electron chi connectivity index (χ4n) is 3.30. The molecule has 0 bridgehead atoms. The predicted octanol–water partition coefficient (Wildman–Crippen LogP) is 3.96. The summed E-state index contributed by atoms with van der Waals surface area (Å²) in [4.78, 5) is 12.7. The first-order chi connectivity index (χ1) is 13.3. The number of thiophene rings is 1. The number of anilines is 1. The van der Waals surface area contributed by atoms with Gasteiger partial charge < -0.3 is 15.8 Å². The van der Waals surface area contributed by atoms with Gasteiger partial charge in [-0.3, -0.25) is 0 Å². The number of esters is 1. The summed E-state index contributed by atoms with van der Waals surface area (Å²) in [6.07, 6.45) is 0. The molecule has 150 valence electrons. The second-order valence-electron chi connectivity index (χ2n) is 7.51. The number of hydrogen-bond donors (Lipinski definition) is 2. The maximum absolute atomic E-state index is 12.3. The van der Waals surface area contributed by atoms with E-state index in [1.54, 1.807) is 6.92 Å². The minimum atomic E-state index is -0.411. The van der Waals surface area contributed by atoms with E-state index in [0.29, 0.717) is 46.0 Å². The molecule has 1 aromatic heterocycles. The van der Waals surface area contributed by atoms with Crippen LogP contribution in [0.1, 0.15) is 78.5 Å². The Labute approximate surface area is 171 Å². The molecule has 0 amide bonds. The molecule has 0 fully saturated rings. The molecule has 6 heteroatoms. The van der Waals surface area contributed by atoms with Crippen LogP contribution >= 0.6 is 11.3 Å². The highest BCUT2D eigenvalue weighted by Gasteiger charge is 2.26. The van der Waals surface area contributed by atoms with E-state index in [4.69, 9.17) is 10.5 Å². The van der Waals surface area contributed by atoms with Gasteiger partial charge in [0.1, 0.15) is 28.5 Å². The monoisotopic (exact) mass is 400 g/mol. The van der Waals surface area contributed by atoms with Crippen LogP contribution in [0, 0.1) is 17.2 Å². The fraction of sp³-hybridized carbons (Fsp3) is 0.455. The first-order valence-electron chi connectivity index (χ1n) is 9.71. The molecular weight excluding hydrogens is 370 g/mol. The SMILES string of the molecule is CCOC(=O)c1sc(N)c(C#N)c1C[NH2+][C@H](c1ccc(C(C)C)cc1)C(C)C. The number of ether oxygens (including phenoxy) is 1. The van der Waals surface area contributed by atoms with Crippen molar-refractivity contribution in [3.63, 3.8) is 0 Å². The molecule has 4 N–H and O–H groups in total. The van der Waals surface area contributed by atoms with E-state index in [1.807, 2.05) is 0 Å². The molecule has 0 aliphatic heterocycles.